The SMILES string of the molecule is CCOC(=O)[C@@H]1CC2NC1CC2OC(C)=O. The number of esters is 2. The molecule has 5 heteroatoms. The summed E-state index contributed by atoms with van der Waals surface area (Å²) in [5, 5.41) is 3.29. The van der Waals surface area contributed by atoms with Crippen LogP contribution in [0.15, 0.2) is 0 Å². The predicted octanol–water partition coefficient (Wildman–Crippen LogP) is 0.232. The monoisotopic (exact) mass is 227 g/mol. The topological polar surface area (TPSA) is 64.6 Å². The molecule has 2 heterocycles. The quantitative estimate of drug-likeness (QED) is 0.699. The Kier molecular flexibility index (Phi) is 3.14. The van der Waals surface area contributed by atoms with Gasteiger partial charge in [-0.05, 0) is 13.3 Å². The van der Waals surface area contributed by atoms with Gasteiger partial charge in [0.15, 0.2) is 0 Å². The van der Waals surface area contributed by atoms with Gasteiger partial charge in [-0.2, -0.15) is 0 Å². The first-order valence-corrected chi connectivity index (χ1v) is 5.71. The third-order valence-electron chi connectivity index (χ3n) is 3.26. The van der Waals surface area contributed by atoms with Crippen molar-refractivity contribution in [3.05, 3.63) is 0 Å². The van der Waals surface area contributed by atoms with E-state index in [1.54, 1.807) is 6.92 Å². The van der Waals surface area contributed by atoms with Crippen molar-refractivity contribution in [2.45, 2.75) is 44.9 Å². The van der Waals surface area contributed by atoms with Crippen molar-refractivity contribution in [3.63, 3.8) is 0 Å². The highest BCUT2D eigenvalue weighted by Gasteiger charge is 2.50. The zero-order valence-corrected chi connectivity index (χ0v) is 9.56. The number of ether oxygens (including phenoxy) is 2. The van der Waals surface area contributed by atoms with Crippen molar-refractivity contribution in [1.82, 2.24) is 5.32 Å². The molecule has 4 atom stereocenters. The number of carbonyl (C=O) groups excluding carboxylic acids is 2. The van der Waals surface area contributed by atoms with Crippen LogP contribution >= 0.6 is 0 Å². The van der Waals surface area contributed by atoms with E-state index < -0.39 is 0 Å². The first kappa shape index (κ1) is 11.4. The zero-order valence-electron chi connectivity index (χ0n) is 9.56. The van der Waals surface area contributed by atoms with E-state index >= 15 is 0 Å². The fourth-order valence-electron chi connectivity index (χ4n) is 2.66. The molecule has 2 aliphatic rings. The molecule has 0 aromatic rings. The molecule has 0 radical (unpaired) electrons. The summed E-state index contributed by atoms with van der Waals surface area (Å²) >= 11 is 0. The second-order valence-corrected chi connectivity index (χ2v) is 4.36. The number of fused-ring (bicyclic) bond motifs is 2. The second kappa shape index (κ2) is 4.41. The normalized spacial score (nSPS) is 36.1. The van der Waals surface area contributed by atoms with Crippen LogP contribution in [0.3, 0.4) is 0 Å². The molecule has 2 aliphatic heterocycles. The van der Waals surface area contributed by atoms with Gasteiger partial charge in [0.1, 0.15) is 6.10 Å². The maximum absolute atomic E-state index is 11.6. The van der Waals surface area contributed by atoms with E-state index in [2.05, 4.69) is 5.32 Å². The molecule has 0 aromatic carbocycles. The van der Waals surface area contributed by atoms with E-state index in [4.69, 9.17) is 9.47 Å². The number of nitrogens with one attached hydrogen (secondary N) is 1. The lowest BCUT2D eigenvalue weighted by Gasteiger charge is -2.24. The Morgan fingerprint density at radius 1 is 1.31 bits per heavy atom. The van der Waals surface area contributed by atoms with Gasteiger partial charge < -0.3 is 14.8 Å². The lowest BCUT2D eigenvalue weighted by molar-refractivity contribution is -0.151. The summed E-state index contributed by atoms with van der Waals surface area (Å²) in [6.07, 6.45) is 1.35. The van der Waals surface area contributed by atoms with Crippen molar-refractivity contribution in [2.24, 2.45) is 5.92 Å². The lowest BCUT2D eigenvalue weighted by Crippen LogP contribution is -2.35. The predicted molar refractivity (Wildman–Crippen MR) is 55.6 cm³/mol. The lowest BCUT2D eigenvalue weighted by atomic mass is 9.87. The van der Waals surface area contributed by atoms with E-state index in [1.807, 2.05) is 0 Å². The van der Waals surface area contributed by atoms with Crippen LogP contribution < -0.4 is 5.32 Å². The number of hydrogen-bond acceptors (Lipinski definition) is 5. The van der Waals surface area contributed by atoms with Gasteiger partial charge >= 0.3 is 11.9 Å². The first-order valence-electron chi connectivity index (χ1n) is 5.71. The van der Waals surface area contributed by atoms with E-state index in [1.165, 1.54) is 6.92 Å². The van der Waals surface area contributed by atoms with Gasteiger partial charge in [0, 0.05) is 25.4 Å². The average Bonchev–Trinajstić information content (AvgIpc) is 2.75. The molecular formula is C11H17NO4. The highest BCUT2D eigenvalue weighted by atomic mass is 16.5. The Morgan fingerprint density at radius 3 is 2.56 bits per heavy atom. The Hall–Kier alpha value is -1.10. The number of hydrogen-bond donors (Lipinski definition) is 1. The summed E-state index contributed by atoms with van der Waals surface area (Å²) in [5.74, 6) is -0.465. The summed E-state index contributed by atoms with van der Waals surface area (Å²) in [6, 6.07) is 0.219. The third-order valence-corrected chi connectivity index (χ3v) is 3.26. The molecule has 2 saturated heterocycles. The molecule has 2 fully saturated rings. The molecule has 5 nitrogen and oxygen atoms in total. The van der Waals surface area contributed by atoms with Crippen LogP contribution in [0.1, 0.15) is 26.7 Å². The van der Waals surface area contributed by atoms with Crippen molar-refractivity contribution in [1.29, 1.82) is 0 Å². The Balaban J connectivity index is 1.90. The van der Waals surface area contributed by atoms with Gasteiger partial charge in [0.05, 0.1) is 12.5 Å². The maximum atomic E-state index is 11.6. The molecule has 2 rings (SSSR count). The van der Waals surface area contributed by atoms with E-state index in [9.17, 15) is 9.59 Å². The van der Waals surface area contributed by atoms with Crippen LogP contribution in [0, 0.1) is 5.92 Å². The van der Waals surface area contributed by atoms with Crippen LogP contribution in [-0.2, 0) is 19.1 Å². The average molecular weight is 227 g/mol. The summed E-state index contributed by atoms with van der Waals surface area (Å²) < 4.78 is 10.2. The minimum atomic E-state index is -0.257. The summed E-state index contributed by atoms with van der Waals surface area (Å²) in [5.41, 5.74) is 0. The summed E-state index contributed by atoms with van der Waals surface area (Å²) in [7, 11) is 0. The maximum Gasteiger partial charge on any atom is 0.310 e. The fraction of sp³-hybridized carbons (Fsp3) is 0.818. The van der Waals surface area contributed by atoms with E-state index in [-0.39, 0.29) is 36.0 Å². The van der Waals surface area contributed by atoms with Crippen molar-refractivity contribution in [2.75, 3.05) is 6.61 Å². The van der Waals surface area contributed by atoms with Crippen LogP contribution in [0.25, 0.3) is 0 Å². The van der Waals surface area contributed by atoms with Gasteiger partial charge in [0.25, 0.3) is 0 Å². The minimum Gasteiger partial charge on any atom is -0.466 e. The van der Waals surface area contributed by atoms with Crippen molar-refractivity contribution in [3.8, 4) is 0 Å². The smallest absolute Gasteiger partial charge is 0.310 e. The van der Waals surface area contributed by atoms with Crippen LogP contribution in [0.4, 0.5) is 0 Å². The van der Waals surface area contributed by atoms with Gasteiger partial charge in [-0.15, -0.1) is 0 Å². The largest absolute Gasteiger partial charge is 0.466 e. The van der Waals surface area contributed by atoms with Crippen molar-refractivity contribution < 1.29 is 19.1 Å². The van der Waals surface area contributed by atoms with E-state index in [0.29, 0.717) is 19.4 Å². The molecule has 1 N–H and O–H groups in total. The third kappa shape index (κ3) is 2.04. The van der Waals surface area contributed by atoms with Crippen molar-refractivity contribution >= 4 is 11.9 Å². The Labute approximate surface area is 94.5 Å². The van der Waals surface area contributed by atoms with Crippen LogP contribution in [-0.4, -0.2) is 36.7 Å². The van der Waals surface area contributed by atoms with E-state index in [0.717, 1.165) is 0 Å². The fourth-order valence-corrected chi connectivity index (χ4v) is 2.66. The molecule has 0 spiro atoms. The molecule has 0 saturated carbocycles. The molecule has 0 amide bonds. The molecule has 16 heavy (non-hydrogen) atoms. The molecule has 2 bridgehead atoms. The van der Waals surface area contributed by atoms with Gasteiger partial charge in [0.2, 0.25) is 0 Å². The van der Waals surface area contributed by atoms with Gasteiger partial charge in [-0.25, -0.2) is 0 Å². The Morgan fingerprint density at radius 2 is 2.06 bits per heavy atom. The van der Waals surface area contributed by atoms with Gasteiger partial charge in [-0.1, -0.05) is 0 Å². The minimum absolute atomic E-state index is 0.0724. The standard InChI is InChI=1S/C11H17NO4/c1-3-15-11(14)7-4-9-10(16-6(2)13)5-8(7)12-9/h7-10,12H,3-5H2,1-2H3/t7-,8?,9?,10?/m1/s1. The molecule has 0 aliphatic carbocycles. The molecule has 90 valence electrons. The van der Waals surface area contributed by atoms with Crippen LogP contribution in [0.2, 0.25) is 0 Å². The summed E-state index contributed by atoms with van der Waals surface area (Å²) in [4.78, 5) is 22.4. The summed E-state index contributed by atoms with van der Waals surface area (Å²) in [6.45, 7) is 3.63. The second-order valence-electron chi connectivity index (χ2n) is 4.36. The zero-order chi connectivity index (χ0) is 11.7. The van der Waals surface area contributed by atoms with Gasteiger partial charge in [-0.3, -0.25) is 9.59 Å². The highest BCUT2D eigenvalue weighted by molar-refractivity contribution is 5.74. The number of rotatable bonds is 3. The Bertz CT molecular complexity index is 304. The first-order chi connectivity index (χ1) is 7.61. The molecule has 0 aromatic heterocycles. The highest BCUT2D eigenvalue weighted by Crippen LogP contribution is 2.35. The van der Waals surface area contributed by atoms with Crippen LogP contribution in [0.5, 0.6) is 0 Å². The molecule has 3 unspecified atom stereocenters. The number of carbonyl (C=O) groups is 2. The molecular weight excluding hydrogens is 210 g/mol.